The van der Waals surface area contributed by atoms with Crippen molar-refractivity contribution in [3.05, 3.63) is 96.1 Å². The molecule has 0 aliphatic heterocycles. The highest BCUT2D eigenvalue weighted by atomic mass is 16.5. The summed E-state index contributed by atoms with van der Waals surface area (Å²) in [6, 6.07) is 26.6. The van der Waals surface area contributed by atoms with Crippen LogP contribution in [-0.4, -0.2) is 31.6 Å². The Morgan fingerprint density at radius 2 is 1.47 bits per heavy atom. The zero-order valence-corrected chi connectivity index (χ0v) is 20.0. The molecule has 34 heavy (non-hydrogen) atoms. The van der Waals surface area contributed by atoms with E-state index in [1.165, 1.54) is 11.1 Å². The van der Waals surface area contributed by atoms with Gasteiger partial charge >= 0.3 is 6.03 Å². The van der Waals surface area contributed by atoms with E-state index < -0.39 is 12.1 Å². The first-order valence-corrected chi connectivity index (χ1v) is 11.6. The second-order valence-corrected chi connectivity index (χ2v) is 8.51. The third kappa shape index (κ3) is 7.10. The van der Waals surface area contributed by atoms with Crippen LogP contribution >= 0.6 is 0 Å². The molecule has 0 fully saturated rings. The standard InChI is InChI=1S/C28H33N3O3/c1-20(2)26(31-28(33)30-23-15-10-16-24(19-23)34-3)27(32)29-18-17-25(21-11-6-4-7-12-21)22-13-8-5-9-14-22/h4-16,19-20,25-26H,17-18H2,1-3H3,(H,29,32)(H2,30,31,33). The lowest BCUT2D eigenvalue weighted by molar-refractivity contribution is -0.123. The first-order valence-electron chi connectivity index (χ1n) is 11.6. The Bertz CT molecular complexity index is 1020. The Balaban J connectivity index is 1.59. The molecule has 0 saturated carbocycles. The Morgan fingerprint density at radius 1 is 0.853 bits per heavy atom. The highest BCUT2D eigenvalue weighted by Gasteiger charge is 2.24. The normalized spacial score (nSPS) is 11.7. The van der Waals surface area contributed by atoms with Crippen LogP contribution in [-0.2, 0) is 4.79 Å². The first kappa shape index (κ1) is 24.8. The van der Waals surface area contributed by atoms with Crippen LogP contribution in [0, 0.1) is 5.92 Å². The molecule has 3 N–H and O–H groups in total. The van der Waals surface area contributed by atoms with Gasteiger partial charge in [-0.2, -0.15) is 0 Å². The molecule has 6 nitrogen and oxygen atoms in total. The van der Waals surface area contributed by atoms with Crippen molar-refractivity contribution in [2.24, 2.45) is 5.92 Å². The van der Waals surface area contributed by atoms with E-state index in [0.717, 1.165) is 6.42 Å². The molecule has 0 spiro atoms. The fraction of sp³-hybridized carbons (Fsp3) is 0.286. The maximum atomic E-state index is 13.0. The summed E-state index contributed by atoms with van der Waals surface area (Å²) >= 11 is 0. The van der Waals surface area contributed by atoms with E-state index >= 15 is 0 Å². The van der Waals surface area contributed by atoms with Gasteiger partial charge in [-0.1, -0.05) is 80.6 Å². The second-order valence-electron chi connectivity index (χ2n) is 8.51. The van der Waals surface area contributed by atoms with Gasteiger partial charge in [0.25, 0.3) is 0 Å². The zero-order valence-electron chi connectivity index (χ0n) is 20.0. The Labute approximate surface area is 201 Å². The molecule has 0 aliphatic carbocycles. The van der Waals surface area contributed by atoms with E-state index in [2.05, 4.69) is 40.2 Å². The van der Waals surface area contributed by atoms with Gasteiger partial charge in [0.15, 0.2) is 0 Å². The molecule has 0 aliphatic rings. The van der Waals surface area contributed by atoms with Crippen molar-refractivity contribution in [3.8, 4) is 5.75 Å². The third-order valence-corrected chi connectivity index (χ3v) is 5.70. The molecular formula is C28H33N3O3. The van der Waals surface area contributed by atoms with Gasteiger partial charge in [-0.25, -0.2) is 4.79 Å². The van der Waals surface area contributed by atoms with E-state index in [0.29, 0.717) is 18.0 Å². The largest absolute Gasteiger partial charge is 0.497 e. The molecule has 178 valence electrons. The molecule has 3 rings (SSSR count). The average Bonchev–Trinajstić information content (AvgIpc) is 2.86. The molecule has 6 heteroatoms. The molecule has 0 saturated heterocycles. The third-order valence-electron chi connectivity index (χ3n) is 5.70. The van der Waals surface area contributed by atoms with E-state index in [1.54, 1.807) is 31.4 Å². The van der Waals surface area contributed by atoms with Gasteiger partial charge in [-0.15, -0.1) is 0 Å². The average molecular weight is 460 g/mol. The van der Waals surface area contributed by atoms with E-state index in [-0.39, 0.29) is 17.7 Å². The van der Waals surface area contributed by atoms with Gasteiger partial charge < -0.3 is 20.7 Å². The molecule has 0 aromatic heterocycles. The highest BCUT2D eigenvalue weighted by molar-refractivity contribution is 5.94. The summed E-state index contributed by atoms with van der Waals surface area (Å²) < 4.78 is 5.19. The van der Waals surface area contributed by atoms with Crippen LogP contribution in [0.15, 0.2) is 84.9 Å². The number of methoxy groups -OCH3 is 1. The monoisotopic (exact) mass is 459 g/mol. The van der Waals surface area contributed by atoms with Crippen molar-refractivity contribution in [2.45, 2.75) is 32.2 Å². The second kappa shape index (κ2) is 12.4. The highest BCUT2D eigenvalue weighted by Crippen LogP contribution is 2.27. The number of nitrogens with one attached hydrogen (secondary N) is 3. The quantitative estimate of drug-likeness (QED) is 0.391. The lowest BCUT2D eigenvalue weighted by Crippen LogP contribution is -2.51. The molecule has 1 atom stereocenters. The topological polar surface area (TPSA) is 79.5 Å². The molecule has 3 aromatic rings. The van der Waals surface area contributed by atoms with Gasteiger partial charge in [0.2, 0.25) is 5.91 Å². The molecular weight excluding hydrogens is 426 g/mol. The van der Waals surface area contributed by atoms with Crippen molar-refractivity contribution in [2.75, 3.05) is 19.0 Å². The van der Waals surface area contributed by atoms with Crippen LogP contribution < -0.4 is 20.7 Å². The number of hydrogen-bond acceptors (Lipinski definition) is 3. The molecule has 3 aromatic carbocycles. The van der Waals surface area contributed by atoms with Crippen molar-refractivity contribution < 1.29 is 14.3 Å². The van der Waals surface area contributed by atoms with Crippen LogP contribution in [0.4, 0.5) is 10.5 Å². The predicted octanol–water partition coefficient (Wildman–Crippen LogP) is 5.18. The van der Waals surface area contributed by atoms with Gasteiger partial charge in [-0.05, 0) is 35.6 Å². The molecule has 3 amide bonds. The number of benzene rings is 3. The maximum absolute atomic E-state index is 13.0. The first-order chi connectivity index (χ1) is 16.5. The van der Waals surface area contributed by atoms with Gasteiger partial charge in [-0.3, -0.25) is 4.79 Å². The summed E-state index contributed by atoms with van der Waals surface area (Å²) in [5.74, 6) is 0.539. The molecule has 1 unspecified atom stereocenters. The minimum absolute atomic E-state index is 0.0740. The fourth-order valence-corrected chi connectivity index (χ4v) is 3.89. The van der Waals surface area contributed by atoms with Crippen molar-refractivity contribution in [1.82, 2.24) is 10.6 Å². The summed E-state index contributed by atoms with van der Waals surface area (Å²) in [7, 11) is 1.57. The van der Waals surface area contributed by atoms with Crippen molar-refractivity contribution >= 4 is 17.6 Å². The maximum Gasteiger partial charge on any atom is 0.319 e. The number of rotatable bonds is 10. The number of amides is 3. The Hall–Kier alpha value is -3.80. The zero-order chi connectivity index (χ0) is 24.3. The summed E-state index contributed by atoms with van der Waals surface area (Å²) in [5, 5.41) is 8.59. The number of ether oxygens (including phenoxy) is 1. The number of carbonyl (C=O) groups excluding carboxylic acids is 2. The van der Waals surface area contributed by atoms with E-state index in [4.69, 9.17) is 4.74 Å². The van der Waals surface area contributed by atoms with Gasteiger partial charge in [0, 0.05) is 24.2 Å². The predicted molar refractivity (Wildman–Crippen MR) is 136 cm³/mol. The van der Waals surface area contributed by atoms with Gasteiger partial charge in [0.05, 0.1) is 7.11 Å². The lowest BCUT2D eigenvalue weighted by Gasteiger charge is -2.23. The number of anilines is 1. The van der Waals surface area contributed by atoms with Gasteiger partial charge in [0.1, 0.15) is 11.8 Å². The SMILES string of the molecule is COc1cccc(NC(=O)NC(C(=O)NCCC(c2ccccc2)c2ccccc2)C(C)C)c1. The summed E-state index contributed by atoms with van der Waals surface area (Å²) in [6.45, 7) is 4.31. The number of hydrogen-bond donors (Lipinski definition) is 3. The molecule has 0 radical (unpaired) electrons. The number of carbonyl (C=O) groups is 2. The smallest absolute Gasteiger partial charge is 0.319 e. The van der Waals surface area contributed by atoms with Crippen LogP contribution in [0.5, 0.6) is 5.75 Å². The Morgan fingerprint density at radius 3 is 2.03 bits per heavy atom. The van der Waals surface area contributed by atoms with E-state index in [1.807, 2.05) is 50.2 Å². The van der Waals surface area contributed by atoms with Crippen LogP contribution in [0.3, 0.4) is 0 Å². The fourth-order valence-electron chi connectivity index (χ4n) is 3.89. The number of urea groups is 1. The van der Waals surface area contributed by atoms with Crippen molar-refractivity contribution in [1.29, 1.82) is 0 Å². The lowest BCUT2D eigenvalue weighted by atomic mass is 9.88. The van der Waals surface area contributed by atoms with E-state index in [9.17, 15) is 9.59 Å². The summed E-state index contributed by atoms with van der Waals surface area (Å²) in [4.78, 5) is 25.5. The Kier molecular flexibility index (Phi) is 9.09. The minimum Gasteiger partial charge on any atom is -0.497 e. The summed E-state index contributed by atoms with van der Waals surface area (Å²) in [6.07, 6.45) is 0.751. The van der Waals surface area contributed by atoms with Crippen LogP contribution in [0.2, 0.25) is 0 Å². The van der Waals surface area contributed by atoms with Crippen molar-refractivity contribution in [3.63, 3.8) is 0 Å². The van der Waals surface area contributed by atoms with Crippen LogP contribution in [0.1, 0.15) is 37.3 Å². The molecule has 0 heterocycles. The minimum atomic E-state index is -0.655. The molecule has 0 bridgehead atoms. The summed E-state index contributed by atoms with van der Waals surface area (Å²) in [5.41, 5.74) is 3.01. The van der Waals surface area contributed by atoms with Crippen LogP contribution in [0.25, 0.3) is 0 Å².